The first kappa shape index (κ1) is 9.51. The number of rotatable bonds is 1. The van der Waals surface area contributed by atoms with Gasteiger partial charge in [0.2, 0.25) is 0 Å². The molecule has 4 nitrogen and oxygen atoms in total. The minimum absolute atomic E-state index is 0.0725. The van der Waals surface area contributed by atoms with Crippen molar-refractivity contribution in [1.82, 2.24) is 9.24 Å². The number of imide groups is 1. The van der Waals surface area contributed by atoms with Crippen LogP contribution in [0.25, 0.3) is 0 Å². The fourth-order valence-corrected chi connectivity index (χ4v) is 1.72. The predicted molar refractivity (Wildman–Crippen MR) is 47.5 cm³/mol. The van der Waals surface area contributed by atoms with E-state index < -0.39 is 11.6 Å². The molecule has 0 aromatic heterocycles. The molecule has 0 bridgehead atoms. The van der Waals surface area contributed by atoms with E-state index in [1.807, 2.05) is 13.8 Å². The van der Waals surface area contributed by atoms with E-state index in [4.69, 9.17) is 0 Å². The summed E-state index contributed by atoms with van der Waals surface area (Å²) in [6.45, 7) is 5.52. The van der Waals surface area contributed by atoms with E-state index in [-0.39, 0.29) is 11.8 Å². The van der Waals surface area contributed by atoms with E-state index in [1.54, 1.807) is 6.92 Å². The Morgan fingerprint density at radius 1 is 1.50 bits per heavy atom. The average molecular weight is 235 g/mol. The summed E-state index contributed by atoms with van der Waals surface area (Å²) in [6, 6.07) is -0.392. The molecular formula is C7H11BrN2O2. The van der Waals surface area contributed by atoms with Gasteiger partial charge in [-0.3, -0.25) is 10.1 Å². The number of nitrogens with one attached hydrogen (secondary N) is 1. The third kappa shape index (κ3) is 1.03. The van der Waals surface area contributed by atoms with Crippen molar-refractivity contribution in [2.45, 2.75) is 26.3 Å². The van der Waals surface area contributed by atoms with Gasteiger partial charge in [-0.2, -0.15) is 0 Å². The molecule has 68 valence electrons. The summed E-state index contributed by atoms with van der Waals surface area (Å²) in [5.74, 6) is -0.178. The highest BCUT2D eigenvalue weighted by Gasteiger charge is 2.50. The molecule has 0 saturated carbocycles. The number of nitrogens with zero attached hydrogens (tertiary/aromatic N) is 1. The smallest absolute Gasteiger partial charge is 0.275 e. The highest BCUT2D eigenvalue weighted by atomic mass is 79.9. The Kier molecular flexibility index (Phi) is 2.16. The summed E-state index contributed by atoms with van der Waals surface area (Å²) in [5.41, 5.74) is -0.767. The molecule has 1 fully saturated rings. The van der Waals surface area contributed by atoms with Crippen molar-refractivity contribution in [3.8, 4) is 0 Å². The minimum Gasteiger partial charge on any atom is -0.275 e. The number of hydrogen-bond acceptors (Lipinski definition) is 2. The Hall–Kier alpha value is -0.580. The van der Waals surface area contributed by atoms with Crippen LogP contribution in [0.1, 0.15) is 20.8 Å². The van der Waals surface area contributed by atoms with E-state index in [0.29, 0.717) is 0 Å². The van der Waals surface area contributed by atoms with Crippen LogP contribution in [-0.2, 0) is 4.79 Å². The number of carbonyl (C=O) groups excluding carboxylic acids is 2. The summed E-state index contributed by atoms with van der Waals surface area (Å²) in [7, 11) is 0. The third-order valence-corrected chi connectivity index (χ3v) is 3.45. The van der Waals surface area contributed by atoms with Crippen LogP contribution < -0.4 is 5.32 Å². The highest BCUT2D eigenvalue weighted by Crippen LogP contribution is 2.31. The van der Waals surface area contributed by atoms with E-state index in [2.05, 4.69) is 21.5 Å². The van der Waals surface area contributed by atoms with Crippen LogP contribution in [0.5, 0.6) is 0 Å². The maximum Gasteiger partial charge on any atom is 0.335 e. The molecule has 1 saturated heterocycles. The average Bonchev–Trinajstić information content (AvgIpc) is 2.16. The summed E-state index contributed by atoms with van der Waals surface area (Å²) in [5, 5.41) is 2.24. The summed E-state index contributed by atoms with van der Waals surface area (Å²) in [6.07, 6.45) is 0. The van der Waals surface area contributed by atoms with E-state index >= 15 is 0 Å². The molecule has 1 aliphatic rings. The van der Waals surface area contributed by atoms with Gasteiger partial charge in [-0.25, -0.2) is 8.72 Å². The molecule has 1 unspecified atom stereocenters. The zero-order valence-electron chi connectivity index (χ0n) is 7.22. The first-order chi connectivity index (χ1) is 5.40. The molecule has 0 spiro atoms. The van der Waals surface area contributed by atoms with Gasteiger partial charge in [-0.05, 0) is 12.8 Å². The summed E-state index contributed by atoms with van der Waals surface area (Å²) in [4.78, 5) is 22.4. The molecule has 1 heterocycles. The van der Waals surface area contributed by atoms with Crippen molar-refractivity contribution in [3.63, 3.8) is 0 Å². The third-order valence-electron chi connectivity index (χ3n) is 2.39. The number of halogens is 1. The summed E-state index contributed by atoms with van der Waals surface area (Å²) < 4.78 is 1.27. The van der Waals surface area contributed by atoms with Gasteiger partial charge in [0.15, 0.2) is 0 Å². The van der Waals surface area contributed by atoms with Crippen molar-refractivity contribution in [2.24, 2.45) is 5.92 Å². The Morgan fingerprint density at radius 2 is 2.00 bits per heavy atom. The lowest BCUT2D eigenvalue weighted by Crippen LogP contribution is -2.46. The molecule has 1 N–H and O–H groups in total. The van der Waals surface area contributed by atoms with Crippen LogP contribution >= 0.6 is 16.1 Å². The summed E-state index contributed by atoms with van der Waals surface area (Å²) >= 11 is 3.07. The largest absolute Gasteiger partial charge is 0.335 e. The molecule has 3 amide bonds. The lowest BCUT2D eigenvalue weighted by molar-refractivity contribution is -0.126. The van der Waals surface area contributed by atoms with Crippen molar-refractivity contribution in [2.75, 3.05) is 0 Å². The van der Waals surface area contributed by atoms with E-state index in [0.717, 1.165) is 0 Å². The van der Waals surface area contributed by atoms with Crippen molar-refractivity contribution in [3.05, 3.63) is 0 Å². The quantitative estimate of drug-likeness (QED) is 0.549. The second kappa shape index (κ2) is 2.73. The Balaban J connectivity index is 3.03. The normalized spacial score (nSPS) is 29.9. The topological polar surface area (TPSA) is 49.4 Å². The van der Waals surface area contributed by atoms with Crippen molar-refractivity contribution < 1.29 is 9.59 Å². The zero-order valence-corrected chi connectivity index (χ0v) is 8.81. The monoisotopic (exact) mass is 234 g/mol. The van der Waals surface area contributed by atoms with E-state index in [1.165, 1.54) is 3.93 Å². The first-order valence-electron chi connectivity index (χ1n) is 3.72. The first-order valence-corrected chi connectivity index (χ1v) is 4.43. The molecule has 12 heavy (non-hydrogen) atoms. The molecule has 0 aromatic rings. The lowest BCUT2D eigenvalue weighted by atomic mass is 9.89. The number of hydrogen-bond donors (Lipinski definition) is 1. The predicted octanol–water partition coefficient (Wildman–Crippen LogP) is 1.26. The van der Waals surface area contributed by atoms with Crippen LogP contribution in [0.15, 0.2) is 0 Å². The molecule has 1 rings (SSSR count). The second-order valence-corrected chi connectivity index (χ2v) is 4.05. The van der Waals surface area contributed by atoms with Gasteiger partial charge >= 0.3 is 6.03 Å². The minimum atomic E-state index is -0.767. The Bertz CT molecular complexity index is 242. The van der Waals surface area contributed by atoms with Gasteiger partial charge in [0.05, 0.1) is 16.1 Å². The fraction of sp³-hybridized carbons (Fsp3) is 0.714. The van der Waals surface area contributed by atoms with Gasteiger partial charge in [0.1, 0.15) is 5.54 Å². The lowest BCUT2D eigenvalue weighted by Gasteiger charge is -2.30. The Labute approximate surface area is 79.6 Å². The molecule has 0 aliphatic carbocycles. The van der Waals surface area contributed by atoms with E-state index in [9.17, 15) is 9.59 Å². The molecule has 1 aliphatic heterocycles. The van der Waals surface area contributed by atoms with Gasteiger partial charge in [-0.15, -0.1) is 0 Å². The van der Waals surface area contributed by atoms with Gasteiger partial charge in [-0.1, -0.05) is 13.8 Å². The Morgan fingerprint density at radius 3 is 2.17 bits per heavy atom. The highest BCUT2D eigenvalue weighted by molar-refractivity contribution is 9.07. The second-order valence-electron chi connectivity index (χ2n) is 3.34. The standard InChI is InChI=1S/C7H11BrN2O2/c1-4(2)7(3)5(11)9-6(12)10(7)8/h4H,1-3H3,(H,9,11,12). The van der Waals surface area contributed by atoms with Crippen LogP contribution in [0.3, 0.4) is 0 Å². The van der Waals surface area contributed by atoms with Gasteiger partial charge in [0, 0.05) is 0 Å². The van der Waals surface area contributed by atoms with Crippen molar-refractivity contribution >= 4 is 28.1 Å². The molecule has 1 atom stereocenters. The van der Waals surface area contributed by atoms with Crippen molar-refractivity contribution in [1.29, 1.82) is 0 Å². The van der Waals surface area contributed by atoms with Crippen LogP contribution in [0, 0.1) is 5.92 Å². The number of amides is 3. The number of urea groups is 1. The zero-order chi connectivity index (χ0) is 9.52. The molecule has 0 radical (unpaired) electrons. The van der Waals surface area contributed by atoms with Gasteiger partial charge < -0.3 is 0 Å². The molecular weight excluding hydrogens is 224 g/mol. The molecule has 0 aromatic carbocycles. The number of carbonyl (C=O) groups is 2. The maximum absolute atomic E-state index is 11.4. The van der Waals surface area contributed by atoms with Crippen LogP contribution in [0.4, 0.5) is 4.79 Å². The van der Waals surface area contributed by atoms with Crippen LogP contribution in [-0.4, -0.2) is 21.4 Å². The SMILES string of the molecule is CC(C)C1(C)C(=O)NC(=O)N1Br. The van der Waals surface area contributed by atoms with Crippen LogP contribution in [0.2, 0.25) is 0 Å². The van der Waals surface area contributed by atoms with Gasteiger partial charge in [0.25, 0.3) is 5.91 Å². The molecule has 5 heteroatoms. The fourth-order valence-electron chi connectivity index (χ4n) is 1.06. The maximum atomic E-state index is 11.4.